The van der Waals surface area contributed by atoms with Gasteiger partial charge in [-0.25, -0.2) is 9.97 Å². The Morgan fingerprint density at radius 2 is 1.91 bits per heavy atom. The van der Waals surface area contributed by atoms with Gasteiger partial charge in [0.15, 0.2) is 0 Å². The molecule has 4 fully saturated rings. The van der Waals surface area contributed by atoms with E-state index in [0.717, 1.165) is 52.6 Å². The Morgan fingerprint density at radius 3 is 2.69 bits per heavy atom. The van der Waals surface area contributed by atoms with Gasteiger partial charge in [0.2, 0.25) is 0 Å². The predicted molar refractivity (Wildman–Crippen MR) is 131 cm³/mol. The van der Waals surface area contributed by atoms with E-state index in [-0.39, 0.29) is 17.4 Å². The maximum Gasteiger partial charge on any atom is 0.254 e. The van der Waals surface area contributed by atoms with Crippen LogP contribution in [0, 0.1) is 23.2 Å². The summed E-state index contributed by atoms with van der Waals surface area (Å²) in [6.07, 6.45) is 10.5. The first-order valence-corrected chi connectivity index (χ1v) is 13.4. The summed E-state index contributed by atoms with van der Waals surface area (Å²) < 4.78 is 5.58. The Bertz CT molecular complexity index is 1130. The van der Waals surface area contributed by atoms with Crippen LogP contribution in [0.5, 0.6) is 5.75 Å². The van der Waals surface area contributed by atoms with Gasteiger partial charge in [0.1, 0.15) is 17.9 Å². The highest BCUT2D eigenvalue weighted by atomic mass is 16.5. The van der Waals surface area contributed by atoms with E-state index in [9.17, 15) is 9.90 Å². The summed E-state index contributed by atoms with van der Waals surface area (Å²) >= 11 is 0. The Morgan fingerprint density at radius 1 is 1.14 bits per heavy atom. The van der Waals surface area contributed by atoms with Gasteiger partial charge in [0.05, 0.1) is 24.9 Å². The van der Waals surface area contributed by atoms with Gasteiger partial charge in [-0.3, -0.25) is 4.79 Å². The van der Waals surface area contributed by atoms with Crippen molar-refractivity contribution in [3.63, 3.8) is 0 Å². The van der Waals surface area contributed by atoms with Crippen molar-refractivity contribution in [1.82, 2.24) is 14.9 Å². The molecule has 1 amide bonds. The van der Waals surface area contributed by atoms with E-state index in [2.05, 4.69) is 15.3 Å². The van der Waals surface area contributed by atoms with Gasteiger partial charge in [0, 0.05) is 30.6 Å². The first kappa shape index (κ1) is 21.6. The minimum Gasteiger partial charge on any atom is -0.493 e. The highest BCUT2D eigenvalue weighted by Gasteiger charge is 2.53. The summed E-state index contributed by atoms with van der Waals surface area (Å²) in [5.41, 5.74) is 3.90. The SMILES string of the molecule is O=C(c1ccc2c(c1)CCO2)N1CCc2c(ncnc2NCC(O)C23CC4CC(CC(C4)C2)C3)C1. The predicted octanol–water partition coefficient (Wildman–Crippen LogP) is 3.60. The van der Waals surface area contributed by atoms with Gasteiger partial charge in [-0.15, -0.1) is 0 Å². The number of fused-ring (bicyclic) bond motifs is 2. The summed E-state index contributed by atoms with van der Waals surface area (Å²) in [6.45, 7) is 2.35. The lowest BCUT2D eigenvalue weighted by molar-refractivity contribution is -0.115. The molecule has 1 atom stereocenters. The number of hydrogen-bond acceptors (Lipinski definition) is 6. The third kappa shape index (κ3) is 3.70. The van der Waals surface area contributed by atoms with Crippen molar-refractivity contribution in [2.24, 2.45) is 23.2 Å². The van der Waals surface area contributed by atoms with Gasteiger partial charge >= 0.3 is 0 Å². The van der Waals surface area contributed by atoms with Gasteiger partial charge in [0.25, 0.3) is 5.91 Å². The normalized spacial score (nSPS) is 31.0. The molecule has 4 bridgehead atoms. The van der Waals surface area contributed by atoms with Crippen molar-refractivity contribution in [1.29, 1.82) is 0 Å². The molecule has 184 valence electrons. The van der Waals surface area contributed by atoms with Gasteiger partial charge < -0.3 is 20.1 Å². The Kier molecular flexibility index (Phi) is 5.05. The van der Waals surface area contributed by atoms with Crippen LogP contribution in [0.1, 0.15) is 65.7 Å². The molecule has 2 aromatic rings. The van der Waals surface area contributed by atoms with Crippen molar-refractivity contribution >= 4 is 11.7 Å². The first-order valence-electron chi connectivity index (χ1n) is 13.4. The topological polar surface area (TPSA) is 87.6 Å². The lowest BCUT2D eigenvalue weighted by Crippen LogP contribution is -2.53. The molecule has 8 rings (SSSR count). The number of aliphatic hydroxyl groups is 1. The summed E-state index contributed by atoms with van der Waals surface area (Å²) in [6, 6.07) is 5.74. The number of rotatable bonds is 5. The second kappa shape index (κ2) is 8.19. The number of carbonyl (C=O) groups is 1. The summed E-state index contributed by atoms with van der Waals surface area (Å²) in [7, 11) is 0. The van der Waals surface area contributed by atoms with E-state index in [1.165, 1.54) is 38.5 Å². The minimum atomic E-state index is -0.341. The summed E-state index contributed by atoms with van der Waals surface area (Å²) in [5.74, 6) is 4.22. The Balaban J connectivity index is 1.04. The summed E-state index contributed by atoms with van der Waals surface area (Å²) in [5, 5.41) is 14.8. The second-order valence-corrected chi connectivity index (χ2v) is 11.7. The van der Waals surface area contributed by atoms with Crippen LogP contribution in [0.3, 0.4) is 0 Å². The fraction of sp³-hybridized carbons (Fsp3) is 0.607. The van der Waals surface area contributed by atoms with E-state index in [4.69, 9.17) is 4.74 Å². The molecule has 4 saturated carbocycles. The molecule has 0 saturated heterocycles. The average molecular weight is 475 g/mol. The lowest BCUT2D eigenvalue weighted by Gasteiger charge is -2.58. The van der Waals surface area contributed by atoms with Crippen LogP contribution in [0.15, 0.2) is 24.5 Å². The third-order valence-electron chi connectivity index (χ3n) is 9.49. The van der Waals surface area contributed by atoms with Crippen molar-refractivity contribution in [2.75, 3.05) is 25.0 Å². The molecule has 0 radical (unpaired) electrons. The molecule has 3 heterocycles. The molecule has 2 aliphatic heterocycles. The quantitative estimate of drug-likeness (QED) is 0.689. The molecule has 7 heteroatoms. The maximum atomic E-state index is 13.2. The maximum absolute atomic E-state index is 13.2. The van der Waals surface area contributed by atoms with E-state index in [1.807, 2.05) is 23.1 Å². The molecule has 7 nitrogen and oxygen atoms in total. The highest BCUT2D eigenvalue weighted by Crippen LogP contribution is 2.61. The molecule has 1 aromatic heterocycles. The second-order valence-electron chi connectivity index (χ2n) is 11.7. The lowest BCUT2D eigenvalue weighted by atomic mass is 9.48. The largest absolute Gasteiger partial charge is 0.493 e. The smallest absolute Gasteiger partial charge is 0.254 e. The number of carbonyl (C=O) groups excluding carboxylic acids is 1. The first-order chi connectivity index (χ1) is 17.1. The number of hydrogen-bond donors (Lipinski definition) is 2. The van der Waals surface area contributed by atoms with Crippen molar-refractivity contribution in [3.05, 3.63) is 46.9 Å². The molecule has 1 unspecified atom stereocenters. The Hall–Kier alpha value is -2.67. The fourth-order valence-corrected chi connectivity index (χ4v) is 8.18. The van der Waals surface area contributed by atoms with Gasteiger partial charge in [-0.2, -0.15) is 0 Å². The molecule has 4 aliphatic carbocycles. The van der Waals surface area contributed by atoms with E-state index >= 15 is 0 Å². The van der Waals surface area contributed by atoms with Crippen molar-refractivity contribution in [3.8, 4) is 5.75 Å². The monoisotopic (exact) mass is 474 g/mol. The number of aliphatic hydroxyl groups excluding tert-OH is 1. The van der Waals surface area contributed by atoms with Crippen LogP contribution in [0.4, 0.5) is 5.82 Å². The molecule has 1 aromatic carbocycles. The average Bonchev–Trinajstić information content (AvgIpc) is 3.33. The van der Waals surface area contributed by atoms with Crippen molar-refractivity contribution in [2.45, 2.75) is 64.0 Å². The van der Waals surface area contributed by atoms with E-state index in [0.29, 0.717) is 38.2 Å². The van der Waals surface area contributed by atoms with Crippen LogP contribution in [0.25, 0.3) is 0 Å². The standard InChI is InChI=1S/C28H34N4O3/c33-25(28-11-17-7-18(12-28)9-19(8-17)13-28)14-29-26-22-3-5-32(15-23(22)30-16-31-26)27(34)21-1-2-24-20(10-21)4-6-35-24/h1-2,10,16-19,25,33H,3-9,11-15H2,(H,29,30,31). The minimum absolute atomic E-state index is 0.0377. The third-order valence-corrected chi connectivity index (χ3v) is 9.49. The zero-order valence-electron chi connectivity index (χ0n) is 20.2. The van der Waals surface area contributed by atoms with Gasteiger partial charge in [-0.1, -0.05) is 0 Å². The van der Waals surface area contributed by atoms with Crippen molar-refractivity contribution < 1.29 is 14.6 Å². The molecule has 35 heavy (non-hydrogen) atoms. The number of anilines is 1. The number of ether oxygens (including phenoxy) is 1. The van der Waals surface area contributed by atoms with E-state index in [1.54, 1.807) is 6.33 Å². The highest BCUT2D eigenvalue weighted by molar-refractivity contribution is 5.94. The fourth-order valence-electron chi connectivity index (χ4n) is 8.18. The molecule has 2 N–H and O–H groups in total. The van der Waals surface area contributed by atoms with E-state index < -0.39 is 0 Å². The van der Waals surface area contributed by atoms with Crippen LogP contribution in [-0.2, 0) is 19.4 Å². The number of benzene rings is 1. The van der Waals surface area contributed by atoms with Gasteiger partial charge in [-0.05, 0) is 91.9 Å². The molecular formula is C28H34N4O3. The Labute approximate surface area is 206 Å². The van der Waals surface area contributed by atoms with Crippen LogP contribution >= 0.6 is 0 Å². The number of aromatic nitrogens is 2. The van der Waals surface area contributed by atoms with Crippen LogP contribution in [-0.4, -0.2) is 51.7 Å². The summed E-state index contributed by atoms with van der Waals surface area (Å²) in [4.78, 5) is 24.1. The zero-order chi connectivity index (χ0) is 23.6. The molecule has 0 spiro atoms. The zero-order valence-corrected chi connectivity index (χ0v) is 20.2. The molecular weight excluding hydrogens is 440 g/mol. The van der Waals surface area contributed by atoms with Crippen LogP contribution < -0.4 is 10.1 Å². The molecule has 6 aliphatic rings. The number of nitrogens with one attached hydrogen (secondary N) is 1. The number of amides is 1. The van der Waals surface area contributed by atoms with Crippen LogP contribution in [0.2, 0.25) is 0 Å². The number of nitrogens with zero attached hydrogens (tertiary/aromatic N) is 3.